The molecule has 6 nitrogen and oxygen atoms in total. The Morgan fingerprint density at radius 3 is 2.79 bits per heavy atom. The lowest BCUT2D eigenvalue weighted by Crippen LogP contribution is -2.39. The number of carbonyl (C=O) groups excluding carboxylic acids is 2. The van der Waals surface area contributed by atoms with Gasteiger partial charge >= 0.3 is 0 Å². The van der Waals surface area contributed by atoms with Crippen LogP contribution in [0.5, 0.6) is 5.75 Å². The molecule has 2 fully saturated rings. The zero-order chi connectivity index (χ0) is 19.8. The minimum Gasteiger partial charge on any atom is -0.480 e. The van der Waals surface area contributed by atoms with Crippen LogP contribution in [0.3, 0.4) is 0 Å². The van der Waals surface area contributed by atoms with Crippen LogP contribution in [-0.4, -0.2) is 48.0 Å². The normalized spacial score (nSPS) is 25.1. The third kappa shape index (κ3) is 3.72. The standard InChI is InChI=1S/C23H25N3O3/c27-22(21-13-15-4-1-2-7-20(15)29-21)25-18-6-3-5-16(12-18)23(28)26-11-10-17-8-9-19(14-26)24-17/h1-7,12,17,19,21,24H,8-11,13-14H2,(H,25,27). The molecule has 6 heteroatoms. The number of nitrogens with zero attached hydrogens (tertiary/aromatic N) is 1. The monoisotopic (exact) mass is 391 g/mol. The van der Waals surface area contributed by atoms with Crippen LogP contribution in [-0.2, 0) is 11.2 Å². The number of benzene rings is 2. The van der Waals surface area contributed by atoms with E-state index >= 15 is 0 Å². The Bertz CT molecular complexity index is 919. The molecule has 0 aromatic heterocycles. The summed E-state index contributed by atoms with van der Waals surface area (Å²) in [5.74, 6) is 0.600. The van der Waals surface area contributed by atoms with Crippen molar-refractivity contribution in [1.82, 2.24) is 10.2 Å². The van der Waals surface area contributed by atoms with Gasteiger partial charge in [-0.25, -0.2) is 0 Å². The van der Waals surface area contributed by atoms with E-state index in [-0.39, 0.29) is 11.8 Å². The van der Waals surface area contributed by atoms with Gasteiger partial charge in [0, 0.05) is 42.8 Å². The minimum absolute atomic E-state index is 0.0278. The summed E-state index contributed by atoms with van der Waals surface area (Å²) in [6.07, 6.45) is 3.36. The van der Waals surface area contributed by atoms with Crippen molar-refractivity contribution in [2.75, 3.05) is 18.4 Å². The Morgan fingerprint density at radius 1 is 1.03 bits per heavy atom. The largest absolute Gasteiger partial charge is 0.480 e. The molecule has 2 saturated heterocycles. The van der Waals surface area contributed by atoms with Gasteiger partial charge in [-0.15, -0.1) is 0 Å². The first-order valence-corrected chi connectivity index (χ1v) is 10.4. The Kier molecular flexibility index (Phi) is 4.72. The summed E-state index contributed by atoms with van der Waals surface area (Å²) in [5.41, 5.74) is 2.27. The van der Waals surface area contributed by atoms with E-state index in [9.17, 15) is 9.59 Å². The summed E-state index contributed by atoms with van der Waals surface area (Å²) in [6, 6.07) is 15.8. The Hall–Kier alpha value is -2.86. The fraction of sp³-hybridized carbons (Fsp3) is 0.391. The smallest absolute Gasteiger partial charge is 0.265 e. The number of carbonyl (C=O) groups is 2. The molecule has 2 N–H and O–H groups in total. The van der Waals surface area contributed by atoms with Gasteiger partial charge in [-0.1, -0.05) is 24.3 Å². The van der Waals surface area contributed by atoms with Crippen molar-refractivity contribution in [3.63, 3.8) is 0 Å². The van der Waals surface area contributed by atoms with Crippen LogP contribution in [0.2, 0.25) is 0 Å². The fourth-order valence-corrected chi connectivity index (χ4v) is 4.59. The lowest BCUT2D eigenvalue weighted by atomic mass is 10.1. The number of para-hydroxylation sites is 1. The summed E-state index contributed by atoms with van der Waals surface area (Å²) in [7, 11) is 0. The summed E-state index contributed by atoms with van der Waals surface area (Å²) in [4.78, 5) is 27.6. The molecule has 2 amide bonds. The Morgan fingerprint density at radius 2 is 1.90 bits per heavy atom. The van der Waals surface area contributed by atoms with Gasteiger partial charge < -0.3 is 20.3 Å². The van der Waals surface area contributed by atoms with Crippen LogP contribution in [0.1, 0.15) is 35.2 Å². The highest BCUT2D eigenvalue weighted by Crippen LogP contribution is 2.29. The van der Waals surface area contributed by atoms with Crippen molar-refractivity contribution in [3.05, 3.63) is 59.7 Å². The van der Waals surface area contributed by atoms with E-state index in [2.05, 4.69) is 10.6 Å². The minimum atomic E-state index is -0.543. The molecule has 0 aliphatic carbocycles. The van der Waals surface area contributed by atoms with Crippen LogP contribution in [0.15, 0.2) is 48.5 Å². The lowest BCUT2D eigenvalue weighted by molar-refractivity contribution is -0.122. The first-order chi connectivity index (χ1) is 14.2. The van der Waals surface area contributed by atoms with Gasteiger partial charge in [-0.05, 0) is 49.1 Å². The second-order valence-electron chi connectivity index (χ2n) is 8.17. The molecule has 2 bridgehead atoms. The SMILES string of the molecule is O=C(Nc1cccc(C(=O)N2CCC3CCC(C2)N3)c1)C1Cc2ccccc2O1. The summed E-state index contributed by atoms with van der Waals surface area (Å²) in [5, 5.41) is 6.51. The summed E-state index contributed by atoms with van der Waals surface area (Å²) >= 11 is 0. The van der Waals surface area contributed by atoms with Gasteiger partial charge in [0.1, 0.15) is 5.75 Å². The van der Waals surface area contributed by atoms with Gasteiger partial charge in [0.25, 0.3) is 11.8 Å². The molecule has 3 atom stereocenters. The van der Waals surface area contributed by atoms with Crippen molar-refractivity contribution in [3.8, 4) is 5.75 Å². The molecule has 2 aromatic carbocycles. The van der Waals surface area contributed by atoms with Crippen molar-refractivity contribution >= 4 is 17.5 Å². The molecular formula is C23H25N3O3. The van der Waals surface area contributed by atoms with Crippen molar-refractivity contribution in [1.29, 1.82) is 0 Å². The zero-order valence-electron chi connectivity index (χ0n) is 16.3. The van der Waals surface area contributed by atoms with Crippen LogP contribution < -0.4 is 15.4 Å². The van der Waals surface area contributed by atoms with E-state index in [1.165, 1.54) is 6.42 Å². The predicted molar refractivity (Wildman–Crippen MR) is 110 cm³/mol. The molecule has 3 heterocycles. The Balaban J connectivity index is 1.25. The van der Waals surface area contributed by atoms with E-state index in [4.69, 9.17) is 4.74 Å². The zero-order valence-corrected chi connectivity index (χ0v) is 16.3. The average molecular weight is 391 g/mol. The molecule has 5 rings (SSSR count). The van der Waals surface area contributed by atoms with Crippen LogP contribution >= 0.6 is 0 Å². The molecule has 2 aromatic rings. The highest BCUT2D eigenvalue weighted by molar-refractivity contribution is 5.98. The highest BCUT2D eigenvalue weighted by atomic mass is 16.5. The third-order valence-corrected chi connectivity index (χ3v) is 6.13. The predicted octanol–water partition coefficient (Wildman–Crippen LogP) is 2.60. The number of fused-ring (bicyclic) bond motifs is 3. The molecule has 3 aliphatic rings. The van der Waals surface area contributed by atoms with Crippen molar-refractivity contribution < 1.29 is 14.3 Å². The average Bonchev–Trinajstić information content (AvgIpc) is 3.30. The topological polar surface area (TPSA) is 70.7 Å². The van der Waals surface area contributed by atoms with E-state index in [1.807, 2.05) is 47.4 Å². The molecule has 0 saturated carbocycles. The van der Waals surface area contributed by atoms with Crippen molar-refractivity contribution in [2.45, 2.75) is 43.9 Å². The van der Waals surface area contributed by atoms with Crippen LogP contribution in [0, 0.1) is 0 Å². The number of hydrogen-bond donors (Lipinski definition) is 2. The van der Waals surface area contributed by atoms with Gasteiger partial charge in [0.05, 0.1) is 0 Å². The number of anilines is 1. The molecule has 0 spiro atoms. The van der Waals surface area contributed by atoms with Crippen LogP contribution in [0.4, 0.5) is 5.69 Å². The molecule has 150 valence electrons. The lowest BCUT2D eigenvalue weighted by Gasteiger charge is -2.24. The fourth-order valence-electron chi connectivity index (χ4n) is 4.59. The molecule has 29 heavy (non-hydrogen) atoms. The first kappa shape index (κ1) is 18.2. The maximum absolute atomic E-state index is 13.0. The molecule has 3 unspecified atom stereocenters. The van der Waals surface area contributed by atoms with Gasteiger partial charge in [-0.3, -0.25) is 9.59 Å². The molecular weight excluding hydrogens is 366 g/mol. The quantitative estimate of drug-likeness (QED) is 0.844. The maximum Gasteiger partial charge on any atom is 0.265 e. The third-order valence-electron chi connectivity index (χ3n) is 6.13. The first-order valence-electron chi connectivity index (χ1n) is 10.4. The van der Waals surface area contributed by atoms with E-state index in [0.29, 0.717) is 29.8 Å². The second kappa shape index (κ2) is 7.52. The Labute approximate surface area is 170 Å². The van der Waals surface area contributed by atoms with Crippen molar-refractivity contribution in [2.24, 2.45) is 0 Å². The molecule has 3 aliphatic heterocycles. The number of hydrogen-bond acceptors (Lipinski definition) is 4. The van der Waals surface area contributed by atoms with Gasteiger partial charge in [-0.2, -0.15) is 0 Å². The van der Waals surface area contributed by atoms with Crippen LogP contribution in [0.25, 0.3) is 0 Å². The number of likely N-dealkylation sites (tertiary alicyclic amines) is 1. The van der Waals surface area contributed by atoms with E-state index < -0.39 is 6.10 Å². The maximum atomic E-state index is 13.0. The number of ether oxygens (including phenoxy) is 1. The number of nitrogens with one attached hydrogen (secondary N) is 2. The number of rotatable bonds is 3. The second-order valence-corrected chi connectivity index (χ2v) is 8.17. The summed E-state index contributed by atoms with van der Waals surface area (Å²) < 4.78 is 5.76. The van der Waals surface area contributed by atoms with E-state index in [0.717, 1.165) is 37.2 Å². The molecule has 0 radical (unpaired) electrons. The van der Waals surface area contributed by atoms with Gasteiger partial charge in [0.2, 0.25) is 0 Å². The van der Waals surface area contributed by atoms with E-state index in [1.54, 1.807) is 6.07 Å². The van der Waals surface area contributed by atoms with Gasteiger partial charge in [0.15, 0.2) is 6.10 Å². The highest BCUT2D eigenvalue weighted by Gasteiger charge is 2.32. The number of amides is 2. The summed E-state index contributed by atoms with van der Waals surface area (Å²) in [6.45, 7) is 1.53.